The molecule has 0 aromatic carbocycles. The zero-order chi connectivity index (χ0) is 14.3. The predicted molar refractivity (Wildman–Crippen MR) is 79.3 cm³/mol. The second-order valence-corrected chi connectivity index (χ2v) is 5.68. The summed E-state index contributed by atoms with van der Waals surface area (Å²) in [4.78, 5) is 6.47. The lowest BCUT2D eigenvalue weighted by molar-refractivity contribution is -0.163. The molecule has 0 radical (unpaired) electrons. The number of hydrogen-bond donors (Lipinski definition) is 0. The van der Waals surface area contributed by atoms with Gasteiger partial charge in [0.2, 0.25) is 0 Å². The van der Waals surface area contributed by atoms with E-state index in [0.717, 1.165) is 51.4 Å². The summed E-state index contributed by atoms with van der Waals surface area (Å²) in [7, 11) is 0. The van der Waals surface area contributed by atoms with Crippen LogP contribution in [0.15, 0.2) is 24.5 Å². The molecule has 5 heteroatoms. The van der Waals surface area contributed by atoms with Crippen molar-refractivity contribution < 1.29 is 14.2 Å². The maximum atomic E-state index is 5.93. The lowest BCUT2D eigenvalue weighted by atomic mass is 10.2. The van der Waals surface area contributed by atoms with Crippen molar-refractivity contribution in [3.63, 3.8) is 0 Å². The van der Waals surface area contributed by atoms with Crippen molar-refractivity contribution in [2.75, 3.05) is 32.8 Å². The Balaban J connectivity index is 1.33. The summed E-state index contributed by atoms with van der Waals surface area (Å²) in [5, 5.41) is 0. The van der Waals surface area contributed by atoms with Crippen molar-refractivity contribution in [1.29, 1.82) is 0 Å². The highest BCUT2D eigenvalue weighted by Crippen LogP contribution is 2.17. The second kappa shape index (κ2) is 7.73. The highest BCUT2D eigenvalue weighted by molar-refractivity contribution is 5.16. The number of hydrogen-bond acceptors (Lipinski definition) is 5. The molecule has 2 fully saturated rings. The van der Waals surface area contributed by atoms with Gasteiger partial charge in [0.05, 0.1) is 12.8 Å². The molecule has 0 unspecified atom stereocenters. The van der Waals surface area contributed by atoms with E-state index in [2.05, 4.69) is 9.88 Å². The molecular formula is C16H24N2O3. The van der Waals surface area contributed by atoms with Crippen molar-refractivity contribution in [1.82, 2.24) is 9.88 Å². The van der Waals surface area contributed by atoms with E-state index in [1.807, 2.05) is 12.1 Å². The van der Waals surface area contributed by atoms with E-state index in [1.54, 1.807) is 12.4 Å². The molecule has 3 rings (SSSR count). The predicted octanol–water partition coefficient (Wildman–Crippen LogP) is 2.08. The first-order valence-electron chi connectivity index (χ1n) is 7.92. The van der Waals surface area contributed by atoms with Gasteiger partial charge in [0.1, 0.15) is 11.9 Å². The second-order valence-electron chi connectivity index (χ2n) is 5.68. The SMILES string of the molecule is c1cncc(O[C@H]2CCN(CCO[C@@H]3CCCCO3)C2)c1. The van der Waals surface area contributed by atoms with Crippen LogP contribution in [-0.2, 0) is 9.47 Å². The Morgan fingerprint density at radius 2 is 2.33 bits per heavy atom. The van der Waals surface area contributed by atoms with Gasteiger partial charge in [0.25, 0.3) is 0 Å². The fourth-order valence-corrected chi connectivity index (χ4v) is 2.86. The summed E-state index contributed by atoms with van der Waals surface area (Å²) < 4.78 is 17.3. The minimum atomic E-state index is 0.0174. The molecule has 21 heavy (non-hydrogen) atoms. The quantitative estimate of drug-likeness (QED) is 0.803. The van der Waals surface area contributed by atoms with Gasteiger partial charge in [0.15, 0.2) is 6.29 Å². The maximum Gasteiger partial charge on any atom is 0.157 e. The summed E-state index contributed by atoms with van der Waals surface area (Å²) in [5.74, 6) is 0.858. The van der Waals surface area contributed by atoms with Gasteiger partial charge in [0, 0.05) is 32.4 Å². The molecule has 0 aliphatic carbocycles. The molecule has 0 spiro atoms. The third kappa shape index (κ3) is 4.66. The monoisotopic (exact) mass is 292 g/mol. The Morgan fingerprint density at radius 1 is 1.33 bits per heavy atom. The minimum Gasteiger partial charge on any atom is -0.487 e. The number of ether oxygens (including phenoxy) is 3. The van der Waals surface area contributed by atoms with E-state index in [4.69, 9.17) is 14.2 Å². The van der Waals surface area contributed by atoms with Crippen LogP contribution in [0.4, 0.5) is 0 Å². The van der Waals surface area contributed by atoms with Crippen molar-refractivity contribution in [2.24, 2.45) is 0 Å². The molecule has 3 heterocycles. The van der Waals surface area contributed by atoms with Crippen LogP contribution < -0.4 is 4.74 Å². The third-order valence-electron chi connectivity index (χ3n) is 4.02. The van der Waals surface area contributed by atoms with Crippen LogP contribution in [0.25, 0.3) is 0 Å². The molecule has 0 saturated carbocycles. The molecule has 1 aromatic heterocycles. The zero-order valence-electron chi connectivity index (χ0n) is 12.4. The van der Waals surface area contributed by atoms with Crippen molar-refractivity contribution in [3.05, 3.63) is 24.5 Å². The first kappa shape index (κ1) is 14.8. The van der Waals surface area contributed by atoms with Crippen molar-refractivity contribution in [3.8, 4) is 5.75 Å². The molecule has 2 aliphatic rings. The molecule has 2 atom stereocenters. The maximum absolute atomic E-state index is 5.93. The highest BCUT2D eigenvalue weighted by Gasteiger charge is 2.24. The topological polar surface area (TPSA) is 43.8 Å². The van der Waals surface area contributed by atoms with Gasteiger partial charge in [-0.3, -0.25) is 9.88 Å². The Morgan fingerprint density at radius 3 is 3.14 bits per heavy atom. The fraction of sp³-hybridized carbons (Fsp3) is 0.688. The Labute approximate surface area is 126 Å². The average molecular weight is 292 g/mol. The van der Waals surface area contributed by atoms with Gasteiger partial charge in [-0.15, -0.1) is 0 Å². The molecule has 0 amide bonds. The average Bonchev–Trinajstić information content (AvgIpc) is 2.97. The largest absolute Gasteiger partial charge is 0.487 e. The fourth-order valence-electron chi connectivity index (χ4n) is 2.86. The molecule has 2 aliphatic heterocycles. The highest BCUT2D eigenvalue weighted by atomic mass is 16.7. The van der Waals surface area contributed by atoms with Gasteiger partial charge < -0.3 is 14.2 Å². The van der Waals surface area contributed by atoms with E-state index in [1.165, 1.54) is 12.8 Å². The lowest BCUT2D eigenvalue weighted by Crippen LogP contribution is -2.30. The summed E-state index contributed by atoms with van der Waals surface area (Å²) in [6, 6.07) is 3.86. The Kier molecular flexibility index (Phi) is 5.43. The van der Waals surface area contributed by atoms with Gasteiger partial charge >= 0.3 is 0 Å². The molecule has 116 valence electrons. The van der Waals surface area contributed by atoms with Crippen LogP contribution in [0.1, 0.15) is 25.7 Å². The lowest BCUT2D eigenvalue weighted by Gasteiger charge is -2.24. The number of rotatable bonds is 6. The number of aromatic nitrogens is 1. The first-order valence-corrected chi connectivity index (χ1v) is 7.92. The van der Waals surface area contributed by atoms with E-state index < -0.39 is 0 Å². The summed E-state index contributed by atoms with van der Waals surface area (Å²) in [6.45, 7) is 4.57. The molecule has 0 N–H and O–H groups in total. The van der Waals surface area contributed by atoms with Crippen LogP contribution in [0.2, 0.25) is 0 Å². The Hall–Kier alpha value is -1.17. The van der Waals surface area contributed by atoms with Crippen LogP contribution >= 0.6 is 0 Å². The molecule has 1 aromatic rings. The normalized spacial score (nSPS) is 26.9. The summed E-state index contributed by atoms with van der Waals surface area (Å²) in [5.41, 5.74) is 0. The number of likely N-dealkylation sites (tertiary alicyclic amines) is 1. The zero-order valence-corrected chi connectivity index (χ0v) is 12.4. The van der Waals surface area contributed by atoms with Gasteiger partial charge in [-0.1, -0.05) is 0 Å². The van der Waals surface area contributed by atoms with Crippen LogP contribution in [-0.4, -0.2) is 55.1 Å². The summed E-state index contributed by atoms with van der Waals surface area (Å²) in [6.07, 6.45) is 8.30. The number of pyridine rings is 1. The van der Waals surface area contributed by atoms with E-state index >= 15 is 0 Å². The number of nitrogens with zero attached hydrogens (tertiary/aromatic N) is 2. The molecule has 2 saturated heterocycles. The van der Waals surface area contributed by atoms with Gasteiger partial charge in [-0.2, -0.15) is 0 Å². The van der Waals surface area contributed by atoms with Crippen LogP contribution in [0, 0.1) is 0 Å². The van der Waals surface area contributed by atoms with E-state index in [9.17, 15) is 0 Å². The van der Waals surface area contributed by atoms with E-state index in [0.29, 0.717) is 0 Å². The first-order chi connectivity index (χ1) is 10.4. The van der Waals surface area contributed by atoms with Gasteiger partial charge in [-0.25, -0.2) is 0 Å². The molecule has 5 nitrogen and oxygen atoms in total. The van der Waals surface area contributed by atoms with Crippen LogP contribution in [0.5, 0.6) is 5.75 Å². The Bertz CT molecular complexity index is 409. The van der Waals surface area contributed by atoms with Crippen LogP contribution in [0.3, 0.4) is 0 Å². The minimum absolute atomic E-state index is 0.0174. The smallest absolute Gasteiger partial charge is 0.157 e. The van der Waals surface area contributed by atoms with E-state index in [-0.39, 0.29) is 12.4 Å². The summed E-state index contributed by atoms with van der Waals surface area (Å²) >= 11 is 0. The third-order valence-corrected chi connectivity index (χ3v) is 4.02. The molecule has 0 bridgehead atoms. The van der Waals surface area contributed by atoms with Crippen molar-refractivity contribution >= 4 is 0 Å². The standard InChI is InChI=1S/C16H24N2O3/c1-2-10-19-16(5-1)20-11-9-18-8-6-15(13-18)21-14-4-3-7-17-12-14/h3-4,7,12,15-16H,1-2,5-6,8-11,13H2/t15-,16+/m0/s1. The molecular weight excluding hydrogens is 268 g/mol. The van der Waals surface area contributed by atoms with Gasteiger partial charge in [-0.05, 0) is 37.8 Å². The van der Waals surface area contributed by atoms with Crippen molar-refractivity contribution in [2.45, 2.75) is 38.1 Å².